The van der Waals surface area contributed by atoms with Crippen LogP contribution in [0.15, 0.2) is 36.7 Å². The second-order valence-electron chi connectivity index (χ2n) is 8.01. The fraction of sp³-hybridized carbons (Fsp3) is 0.524. The summed E-state index contributed by atoms with van der Waals surface area (Å²) in [6.07, 6.45) is 7.50. The minimum atomic E-state index is -0.860. The molecule has 0 radical (unpaired) electrons. The number of likely N-dealkylation sites (tertiary alicyclic amines) is 2. The first-order chi connectivity index (χ1) is 13.6. The summed E-state index contributed by atoms with van der Waals surface area (Å²) in [5.41, 5.74) is 0.320. The lowest BCUT2D eigenvalue weighted by molar-refractivity contribution is -0.146. The van der Waals surface area contributed by atoms with Gasteiger partial charge < -0.3 is 9.80 Å². The number of nitrogens with zero attached hydrogens (tertiary/aromatic N) is 4. The van der Waals surface area contributed by atoms with Crippen molar-refractivity contribution in [2.24, 2.45) is 5.41 Å². The Bertz CT molecular complexity index is 826. The first-order valence-electron chi connectivity index (χ1n) is 9.99. The summed E-state index contributed by atoms with van der Waals surface area (Å²) in [6, 6.07) is 5.81. The Morgan fingerprint density at radius 3 is 2.79 bits per heavy atom. The molecule has 0 bridgehead atoms. The molecule has 5 nitrogen and oxygen atoms in total. The van der Waals surface area contributed by atoms with Gasteiger partial charge >= 0.3 is 0 Å². The van der Waals surface area contributed by atoms with Crippen LogP contribution in [0.1, 0.15) is 31.2 Å². The maximum atomic E-state index is 13.5. The number of piperidine rings is 1. The topological polar surface area (TPSA) is 41.4 Å². The SMILES string of the molecule is O=C1N(Cc2ccc(F)c(F)c2)CCCC12CCN(CCCn1cccn1)C2. The molecule has 1 aromatic carbocycles. The number of aromatic nitrogens is 2. The Kier molecular flexibility index (Phi) is 5.44. The van der Waals surface area contributed by atoms with Crippen LogP contribution in [0.5, 0.6) is 0 Å². The molecule has 2 saturated heterocycles. The Morgan fingerprint density at radius 1 is 1.11 bits per heavy atom. The van der Waals surface area contributed by atoms with Crippen LogP contribution < -0.4 is 0 Å². The van der Waals surface area contributed by atoms with E-state index in [9.17, 15) is 13.6 Å². The number of aryl methyl sites for hydroxylation is 1. The molecule has 0 saturated carbocycles. The van der Waals surface area contributed by atoms with Crippen molar-refractivity contribution in [2.45, 2.75) is 38.8 Å². The number of benzene rings is 1. The van der Waals surface area contributed by atoms with Crippen molar-refractivity contribution in [3.8, 4) is 0 Å². The molecule has 2 aliphatic heterocycles. The van der Waals surface area contributed by atoms with E-state index in [1.165, 1.54) is 6.07 Å². The molecule has 28 heavy (non-hydrogen) atoms. The largest absolute Gasteiger partial charge is 0.338 e. The van der Waals surface area contributed by atoms with E-state index in [1.807, 2.05) is 21.8 Å². The second kappa shape index (κ2) is 7.99. The summed E-state index contributed by atoms with van der Waals surface area (Å²) in [7, 11) is 0. The van der Waals surface area contributed by atoms with Gasteiger partial charge in [0.15, 0.2) is 11.6 Å². The van der Waals surface area contributed by atoms with E-state index in [0.717, 1.165) is 57.9 Å². The molecule has 1 spiro atoms. The molecular formula is C21H26F2N4O. The van der Waals surface area contributed by atoms with Crippen LogP contribution in [0.4, 0.5) is 8.78 Å². The van der Waals surface area contributed by atoms with Crippen molar-refractivity contribution in [1.29, 1.82) is 0 Å². The Balaban J connectivity index is 1.35. The van der Waals surface area contributed by atoms with Crippen LogP contribution in [0.25, 0.3) is 0 Å². The fourth-order valence-electron chi connectivity index (χ4n) is 4.58. The summed E-state index contributed by atoms with van der Waals surface area (Å²) < 4.78 is 28.6. The van der Waals surface area contributed by atoms with Gasteiger partial charge in [0.05, 0.1) is 5.41 Å². The van der Waals surface area contributed by atoms with Crippen LogP contribution in [-0.4, -0.2) is 51.7 Å². The summed E-state index contributed by atoms with van der Waals surface area (Å²) in [5, 5.41) is 4.22. The van der Waals surface area contributed by atoms with Crippen LogP contribution in [-0.2, 0) is 17.9 Å². The predicted molar refractivity (Wildman–Crippen MR) is 101 cm³/mol. The summed E-state index contributed by atoms with van der Waals surface area (Å²) in [5.74, 6) is -1.55. The number of rotatable bonds is 6. The van der Waals surface area contributed by atoms with Crippen molar-refractivity contribution in [3.63, 3.8) is 0 Å². The second-order valence-corrected chi connectivity index (χ2v) is 8.01. The number of halogens is 2. The number of carbonyl (C=O) groups is 1. The number of carbonyl (C=O) groups excluding carboxylic acids is 1. The smallest absolute Gasteiger partial charge is 0.230 e. The van der Waals surface area contributed by atoms with Gasteiger partial charge in [0.2, 0.25) is 5.91 Å². The van der Waals surface area contributed by atoms with Gasteiger partial charge in [0.1, 0.15) is 0 Å². The quantitative estimate of drug-likeness (QED) is 0.764. The van der Waals surface area contributed by atoms with Crippen molar-refractivity contribution < 1.29 is 13.6 Å². The first kappa shape index (κ1) is 19.1. The molecule has 4 rings (SSSR count). The number of hydrogen-bond donors (Lipinski definition) is 0. The zero-order valence-corrected chi connectivity index (χ0v) is 16.0. The van der Waals surface area contributed by atoms with E-state index in [-0.39, 0.29) is 11.3 Å². The standard InChI is InChI=1S/C21H26F2N4O/c22-18-5-4-17(14-19(18)23)15-26-10-1-6-21(20(26)28)7-13-25(16-21)9-3-12-27-11-2-8-24-27/h2,4-5,8,11,14H,1,3,6-7,9-10,12-13,15-16H2. The average molecular weight is 388 g/mol. The molecule has 0 aliphatic carbocycles. The monoisotopic (exact) mass is 388 g/mol. The van der Waals surface area contributed by atoms with Gasteiger partial charge in [-0.3, -0.25) is 9.48 Å². The lowest BCUT2D eigenvalue weighted by Gasteiger charge is -2.39. The molecule has 3 heterocycles. The highest BCUT2D eigenvalue weighted by Crippen LogP contribution is 2.40. The van der Waals surface area contributed by atoms with Gasteiger partial charge in [-0.2, -0.15) is 5.10 Å². The van der Waals surface area contributed by atoms with Gasteiger partial charge in [-0.05, 0) is 62.5 Å². The molecule has 1 atom stereocenters. The van der Waals surface area contributed by atoms with E-state index in [0.29, 0.717) is 18.7 Å². The van der Waals surface area contributed by atoms with Crippen molar-refractivity contribution in [2.75, 3.05) is 26.2 Å². The predicted octanol–water partition coefficient (Wildman–Crippen LogP) is 3.07. The molecule has 150 valence electrons. The molecule has 2 aromatic rings. The third-order valence-electron chi connectivity index (χ3n) is 6.04. The zero-order chi connectivity index (χ0) is 19.6. The maximum absolute atomic E-state index is 13.5. The van der Waals surface area contributed by atoms with Gasteiger partial charge in [0.25, 0.3) is 0 Å². The molecule has 7 heteroatoms. The third-order valence-corrected chi connectivity index (χ3v) is 6.04. The van der Waals surface area contributed by atoms with Crippen LogP contribution in [0.3, 0.4) is 0 Å². The minimum absolute atomic E-state index is 0.165. The van der Waals surface area contributed by atoms with E-state index < -0.39 is 11.6 Å². The van der Waals surface area contributed by atoms with Gasteiger partial charge in [0, 0.05) is 38.6 Å². The van der Waals surface area contributed by atoms with Gasteiger partial charge in [-0.25, -0.2) is 8.78 Å². The maximum Gasteiger partial charge on any atom is 0.230 e. The summed E-state index contributed by atoms with van der Waals surface area (Å²) in [6.45, 7) is 4.59. The molecular weight excluding hydrogens is 362 g/mol. The molecule has 1 amide bonds. The fourth-order valence-corrected chi connectivity index (χ4v) is 4.58. The highest BCUT2D eigenvalue weighted by Gasteiger charge is 2.47. The Labute approximate surface area is 163 Å². The first-order valence-corrected chi connectivity index (χ1v) is 9.99. The van der Waals surface area contributed by atoms with E-state index in [2.05, 4.69) is 10.00 Å². The Morgan fingerprint density at radius 2 is 2.00 bits per heavy atom. The highest BCUT2D eigenvalue weighted by molar-refractivity contribution is 5.84. The van der Waals surface area contributed by atoms with Crippen molar-refractivity contribution in [3.05, 3.63) is 53.9 Å². The molecule has 2 aliphatic rings. The van der Waals surface area contributed by atoms with Crippen molar-refractivity contribution in [1.82, 2.24) is 19.6 Å². The third kappa shape index (κ3) is 3.94. The van der Waals surface area contributed by atoms with E-state index >= 15 is 0 Å². The molecule has 0 N–H and O–H groups in total. The van der Waals surface area contributed by atoms with Crippen LogP contribution in [0, 0.1) is 17.0 Å². The summed E-state index contributed by atoms with van der Waals surface area (Å²) >= 11 is 0. The lowest BCUT2D eigenvalue weighted by atomic mass is 9.78. The number of amides is 1. The van der Waals surface area contributed by atoms with E-state index in [4.69, 9.17) is 0 Å². The van der Waals surface area contributed by atoms with Gasteiger partial charge in [-0.15, -0.1) is 0 Å². The van der Waals surface area contributed by atoms with E-state index in [1.54, 1.807) is 12.3 Å². The molecule has 2 fully saturated rings. The van der Waals surface area contributed by atoms with Crippen molar-refractivity contribution >= 4 is 5.91 Å². The Hall–Kier alpha value is -2.28. The molecule has 1 unspecified atom stereocenters. The highest BCUT2D eigenvalue weighted by atomic mass is 19.2. The normalized spacial score (nSPS) is 23.1. The lowest BCUT2D eigenvalue weighted by Crippen LogP contribution is -2.49. The van der Waals surface area contributed by atoms with Crippen LogP contribution in [0.2, 0.25) is 0 Å². The average Bonchev–Trinajstić information content (AvgIpc) is 3.33. The van der Waals surface area contributed by atoms with Crippen LogP contribution >= 0.6 is 0 Å². The summed E-state index contributed by atoms with van der Waals surface area (Å²) in [4.78, 5) is 17.4. The van der Waals surface area contributed by atoms with Gasteiger partial charge in [-0.1, -0.05) is 6.07 Å². The molecule has 1 aromatic heterocycles. The number of hydrogen-bond acceptors (Lipinski definition) is 3. The minimum Gasteiger partial charge on any atom is -0.338 e. The zero-order valence-electron chi connectivity index (χ0n) is 16.0.